The molecule has 0 aliphatic rings. The minimum Gasteiger partial charge on any atom is -0.350 e. The van der Waals surface area contributed by atoms with E-state index in [0.717, 1.165) is 0 Å². The summed E-state index contributed by atoms with van der Waals surface area (Å²) in [6.07, 6.45) is 0. The molecule has 0 radical (unpaired) electrons. The highest BCUT2D eigenvalue weighted by Gasteiger charge is 2.14. The molecule has 3 N–H and O–H groups in total. The Balaban J connectivity index is 1.60. The SMILES string of the molecule is O=C(NCCNC(=O)c1n[nH]c(=O)c2ccccc12)c1ccccc1Cl. The number of fused-ring (bicyclic) bond motifs is 1. The van der Waals surface area contributed by atoms with Gasteiger partial charge in [-0.1, -0.05) is 41.9 Å². The molecule has 3 rings (SSSR count). The quantitative estimate of drug-likeness (QED) is 0.595. The Kier molecular flexibility index (Phi) is 5.28. The normalized spacial score (nSPS) is 10.5. The summed E-state index contributed by atoms with van der Waals surface area (Å²) in [7, 11) is 0. The predicted molar refractivity (Wildman–Crippen MR) is 98.5 cm³/mol. The maximum atomic E-state index is 12.3. The number of aromatic amines is 1. The van der Waals surface area contributed by atoms with Crippen molar-refractivity contribution >= 4 is 34.2 Å². The summed E-state index contributed by atoms with van der Waals surface area (Å²) in [6, 6.07) is 13.4. The molecule has 0 atom stereocenters. The van der Waals surface area contributed by atoms with Crippen molar-refractivity contribution in [3.63, 3.8) is 0 Å². The molecule has 0 unspecified atom stereocenters. The molecular weight excluding hydrogens is 356 g/mol. The molecule has 2 amide bonds. The van der Waals surface area contributed by atoms with Crippen LogP contribution in [0, 0.1) is 0 Å². The fourth-order valence-corrected chi connectivity index (χ4v) is 2.69. The van der Waals surface area contributed by atoms with Gasteiger partial charge in [0, 0.05) is 18.5 Å². The van der Waals surface area contributed by atoms with Crippen molar-refractivity contribution in [1.29, 1.82) is 0 Å². The van der Waals surface area contributed by atoms with Gasteiger partial charge in [-0.25, -0.2) is 5.10 Å². The van der Waals surface area contributed by atoms with E-state index in [1.807, 2.05) is 0 Å². The van der Waals surface area contributed by atoms with E-state index in [0.29, 0.717) is 21.4 Å². The Morgan fingerprint density at radius 2 is 1.54 bits per heavy atom. The van der Waals surface area contributed by atoms with Crippen LogP contribution >= 0.6 is 11.6 Å². The first-order chi connectivity index (χ1) is 12.6. The minimum absolute atomic E-state index is 0.123. The summed E-state index contributed by atoms with van der Waals surface area (Å²) in [5.41, 5.74) is 0.135. The molecule has 0 bridgehead atoms. The van der Waals surface area contributed by atoms with Crippen molar-refractivity contribution in [1.82, 2.24) is 20.8 Å². The Labute approximate surface area is 153 Å². The van der Waals surface area contributed by atoms with E-state index < -0.39 is 5.91 Å². The van der Waals surface area contributed by atoms with Gasteiger partial charge in [0.15, 0.2) is 5.69 Å². The van der Waals surface area contributed by atoms with Crippen molar-refractivity contribution in [2.24, 2.45) is 0 Å². The van der Waals surface area contributed by atoms with Crippen LogP contribution in [0.1, 0.15) is 20.8 Å². The third kappa shape index (κ3) is 3.73. The Hall–Kier alpha value is -3.19. The van der Waals surface area contributed by atoms with Crippen LogP contribution in [-0.2, 0) is 0 Å². The summed E-state index contributed by atoms with van der Waals surface area (Å²) in [6.45, 7) is 0.418. The summed E-state index contributed by atoms with van der Waals surface area (Å²) < 4.78 is 0. The van der Waals surface area contributed by atoms with Crippen molar-refractivity contribution in [2.45, 2.75) is 0 Å². The third-order valence-corrected chi connectivity index (χ3v) is 4.06. The van der Waals surface area contributed by atoms with E-state index in [1.54, 1.807) is 48.5 Å². The predicted octanol–water partition coefficient (Wildman–Crippen LogP) is 1.74. The van der Waals surface area contributed by atoms with E-state index in [9.17, 15) is 14.4 Å². The van der Waals surface area contributed by atoms with Crippen LogP contribution < -0.4 is 16.2 Å². The Morgan fingerprint density at radius 1 is 0.923 bits per heavy atom. The number of hydrogen-bond donors (Lipinski definition) is 3. The van der Waals surface area contributed by atoms with Crippen molar-refractivity contribution in [3.8, 4) is 0 Å². The van der Waals surface area contributed by atoms with Gasteiger partial charge in [0.2, 0.25) is 0 Å². The zero-order valence-electron chi connectivity index (χ0n) is 13.6. The van der Waals surface area contributed by atoms with Gasteiger partial charge in [0.1, 0.15) is 0 Å². The number of halogens is 1. The fraction of sp³-hybridized carbons (Fsp3) is 0.111. The standard InChI is InChI=1S/C18H15ClN4O3/c19-14-8-4-3-7-13(14)16(24)20-9-10-21-18(26)15-11-5-1-2-6-12(11)17(25)23-22-15/h1-8H,9-10H2,(H,20,24)(H,21,26)(H,23,25). The third-order valence-electron chi connectivity index (χ3n) is 3.73. The molecule has 8 heteroatoms. The fourth-order valence-electron chi connectivity index (χ4n) is 2.46. The molecule has 2 aromatic carbocycles. The van der Waals surface area contributed by atoms with Crippen LogP contribution in [-0.4, -0.2) is 35.1 Å². The molecule has 132 valence electrons. The number of carbonyl (C=O) groups excluding carboxylic acids is 2. The van der Waals surface area contributed by atoms with Crippen molar-refractivity contribution < 1.29 is 9.59 Å². The van der Waals surface area contributed by atoms with Crippen LogP contribution in [0.25, 0.3) is 10.8 Å². The number of nitrogens with zero attached hydrogens (tertiary/aromatic N) is 1. The van der Waals surface area contributed by atoms with E-state index in [4.69, 9.17) is 11.6 Å². The second-order valence-corrected chi connectivity index (χ2v) is 5.85. The Bertz CT molecular complexity index is 1030. The second-order valence-electron chi connectivity index (χ2n) is 5.44. The first kappa shape index (κ1) is 17.6. The zero-order valence-corrected chi connectivity index (χ0v) is 14.3. The molecule has 0 saturated heterocycles. The molecule has 0 fully saturated rings. The van der Waals surface area contributed by atoms with Gasteiger partial charge >= 0.3 is 0 Å². The smallest absolute Gasteiger partial charge is 0.272 e. The van der Waals surface area contributed by atoms with Crippen LogP contribution in [0.4, 0.5) is 0 Å². The lowest BCUT2D eigenvalue weighted by molar-refractivity contribution is 0.0925. The number of rotatable bonds is 5. The topological polar surface area (TPSA) is 104 Å². The first-order valence-electron chi connectivity index (χ1n) is 7.86. The molecule has 3 aromatic rings. The van der Waals surface area contributed by atoms with Gasteiger partial charge in [0.25, 0.3) is 17.4 Å². The van der Waals surface area contributed by atoms with E-state index in [-0.39, 0.29) is 30.2 Å². The van der Waals surface area contributed by atoms with Crippen LogP contribution in [0.3, 0.4) is 0 Å². The van der Waals surface area contributed by atoms with Crippen molar-refractivity contribution in [3.05, 3.63) is 75.2 Å². The van der Waals surface area contributed by atoms with Crippen LogP contribution in [0.5, 0.6) is 0 Å². The van der Waals surface area contributed by atoms with Gasteiger partial charge in [0.05, 0.1) is 16.0 Å². The van der Waals surface area contributed by atoms with Gasteiger partial charge in [-0.3, -0.25) is 14.4 Å². The molecule has 0 saturated carbocycles. The molecule has 1 heterocycles. The number of amides is 2. The van der Waals surface area contributed by atoms with Crippen LogP contribution in [0.2, 0.25) is 5.02 Å². The van der Waals surface area contributed by atoms with Gasteiger partial charge in [-0.15, -0.1) is 0 Å². The Morgan fingerprint density at radius 3 is 2.27 bits per heavy atom. The molecular formula is C18H15ClN4O3. The van der Waals surface area contributed by atoms with E-state index >= 15 is 0 Å². The number of nitrogens with one attached hydrogen (secondary N) is 3. The number of carbonyl (C=O) groups is 2. The summed E-state index contributed by atoms with van der Waals surface area (Å²) in [5, 5.41) is 12.7. The zero-order chi connectivity index (χ0) is 18.5. The van der Waals surface area contributed by atoms with Gasteiger partial charge in [-0.05, 0) is 18.2 Å². The highest BCUT2D eigenvalue weighted by molar-refractivity contribution is 6.33. The summed E-state index contributed by atoms with van der Waals surface area (Å²) in [4.78, 5) is 36.1. The average Bonchev–Trinajstić information content (AvgIpc) is 2.66. The monoisotopic (exact) mass is 370 g/mol. The number of aromatic nitrogens is 2. The summed E-state index contributed by atoms with van der Waals surface area (Å²) in [5.74, 6) is -0.762. The molecule has 0 aliphatic carbocycles. The number of benzene rings is 2. The largest absolute Gasteiger partial charge is 0.350 e. The first-order valence-corrected chi connectivity index (χ1v) is 8.24. The van der Waals surface area contributed by atoms with Gasteiger partial charge in [-0.2, -0.15) is 5.10 Å². The lowest BCUT2D eigenvalue weighted by Gasteiger charge is -2.08. The minimum atomic E-state index is -0.440. The maximum absolute atomic E-state index is 12.3. The molecule has 7 nitrogen and oxygen atoms in total. The van der Waals surface area contributed by atoms with Crippen molar-refractivity contribution in [2.75, 3.05) is 13.1 Å². The van der Waals surface area contributed by atoms with Gasteiger partial charge < -0.3 is 10.6 Å². The summed E-state index contributed by atoms with van der Waals surface area (Å²) >= 11 is 5.96. The molecule has 1 aromatic heterocycles. The number of H-pyrrole nitrogens is 1. The highest BCUT2D eigenvalue weighted by Crippen LogP contribution is 2.14. The van der Waals surface area contributed by atoms with Crippen LogP contribution in [0.15, 0.2) is 53.3 Å². The number of hydrogen-bond acceptors (Lipinski definition) is 4. The lowest BCUT2D eigenvalue weighted by atomic mass is 10.1. The maximum Gasteiger partial charge on any atom is 0.272 e. The highest BCUT2D eigenvalue weighted by atomic mass is 35.5. The van der Waals surface area contributed by atoms with E-state index in [2.05, 4.69) is 20.8 Å². The molecule has 0 spiro atoms. The lowest BCUT2D eigenvalue weighted by Crippen LogP contribution is -2.35. The molecule has 26 heavy (non-hydrogen) atoms. The average molecular weight is 371 g/mol. The second kappa shape index (κ2) is 7.79. The molecule has 0 aliphatic heterocycles. The van der Waals surface area contributed by atoms with E-state index in [1.165, 1.54) is 0 Å².